The fourth-order valence-corrected chi connectivity index (χ4v) is 1.54. The lowest BCUT2D eigenvalue weighted by atomic mass is 10.2. The number of hydrogen-bond acceptors (Lipinski definition) is 3. The molecule has 0 amide bonds. The summed E-state index contributed by atoms with van der Waals surface area (Å²) in [6, 6.07) is 0.362. The van der Waals surface area contributed by atoms with Crippen LogP contribution in [0.1, 0.15) is 23.0 Å². The molecule has 0 saturated carbocycles. The Kier molecular flexibility index (Phi) is 2.02. The predicted octanol–water partition coefficient (Wildman–Crippen LogP) is 0.116. The lowest BCUT2D eigenvalue weighted by molar-refractivity contribution is 0.0691. The van der Waals surface area contributed by atoms with E-state index in [1.54, 1.807) is 12.5 Å². The van der Waals surface area contributed by atoms with E-state index >= 15 is 0 Å². The Balaban J connectivity index is 2.16. The number of carboxylic acids is 1. The zero-order valence-electron chi connectivity index (χ0n) is 7.10. The molecule has 0 radical (unpaired) electrons. The van der Waals surface area contributed by atoms with E-state index in [-0.39, 0.29) is 5.69 Å². The number of imidazole rings is 1. The van der Waals surface area contributed by atoms with Crippen molar-refractivity contribution in [2.45, 2.75) is 12.5 Å². The molecule has 70 valence electrons. The minimum Gasteiger partial charge on any atom is -0.476 e. The van der Waals surface area contributed by atoms with E-state index in [1.807, 2.05) is 4.57 Å². The Morgan fingerprint density at radius 1 is 1.77 bits per heavy atom. The highest BCUT2D eigenvalue weighted by molar-refractivity contribution is 5.84. The maximum absolute atomic E-state index is 10.5. The Bertz CT molecular complexity index is 315. The number of hydrogen-bond donors (Lipinski definition) is 2. The topological polar surface area (TPSA) is 67.2 Å². The molecule has 1 aromatic rings. The Labute approximate surface area is 75.4 Å². The first kappa shape index (κ1) is 8.25. The molecule has 1 aromatic heterocycles. The molecule has 1 aliphatic rings. The molecule has 0 bridgehead atoms. The van der Waals surface area contributed by atoms with Crippen molar-refractivity contribution < 1.29 is 9.90 Å². The standard InChI is InChI=1S/C8H11N3O2/c12-8(13)7-4-11(5-10-7)6-1-2-9-3-6/h4-6,9H,1-3H2,(H,12,13). The van der Waals surface area contributed by atoms with E-state index in [9.17, 15) is 4.79 Å². The van der Waals surface area contributed by atoms with Crippen LogP contribution in [0.25, 0.3) is 0 Å². The monoisotopic (exact) mass is 181 g/mol. The highest BCUT2D eigenvalue weighted by atomic mass is 16.4. The van der Waals surface area contributed by atoms with Gasteiger partial charge in [0.05, 0.1) is 6.33 Å². The summed E-state index contributed by atoms with van der Waals surface area (Å²) in [5, 5.41) is 11.9. The summed E-state index contributed by atoms with van der Waals surface area (Å²) < 4.78 is 1.86. The highest BCUT2D eigenvalue weighted by Gasteiger charge is 2.17. The van der Waals surface area contributed by atoms with Crippen LogP contribution in [-0.2, 0) is 0 Å². The third kappa shape index (κ3) is 1.55. The van der Waals surface area contributed by atoms with Gasteiger partial charge in [0, 0.05) is 18.8 Å². The lowest BCUT2D eigenvalue weighted by Crippen LogP contribution is -2.12. The van der Waals surface area contributed by atoms with Gasteiger partial charge in [-0.2, -0.15) is 0 Å². The van der Waals surface area contributed by atoms with Gasteiger partial charge in [-0.25, -0.2) is 9.78 Å². The third-order valence-electron chi connectivity index (χ3n) is 2.28. The number of aromatic nitrogens is 2. The molecule has 5 heteroatoms. The summed E-state index contributed by atoms with van der Waals surface area (Å²) in [7, 11) is 0. The van der Waals surface area contributed by atoms with Crippen LogP contribution in [0.15, 0.2) is 12.5 Å². The maximum Gasteiger partial charge on any atom is 0.356 e. The van der Waals surface area contributed by atoms with Gasteiger partial charge < -0.3 is 15.0 Å². The van der Waals surface area contributed by atoms with Crippen LogP contribution in [0.5, 0.6) is 0 Å². The molecule has 1 unspecified atom stereocenters. The van der Waals surface area contributed by atoms with Gasteiger partial charge in [-0.1, -0.05) is 0 Å². The van der Waals surface area contributed by atoms with Crippen LogP contribution >= 0.6 is 0 Å². The summed E-state index contributed by atoms with van der Waals surface area (Å²) in [5.41, 5.74) is 0.118. The molecule has 1 fully saturated rings. The van der Waals surface area contributed by atoms with Crippen molar-refractivity contribution >= 4 is 5.97 Å². The maximum atomic E-state index is 10.5. The number of carboxylic acid groups (broad SMARTS) is 1. The summed E-state index contributed by atoms with van der Waals surface area (Å²) in [4.78, 5) is 14.3. The van der Waals surface area contributed by atoms with Crippen LogP contribution in [-0.4, -0.2) is 33.7 Å². The second kappa shape index (κ2) is 3.18. The minimum absolute atomic E-state index is 0.118. The Morgan fingerprint density at radius 2 is 2.62 bits per heavy atom. The average molecular weight is 181 g/mol. The number of carbonyl (C=O) groups is 1. The zero-order valence-corrected chi connectivity index (χ0v) is 7.10. The second-order valence-corrected chi connectivity index (χ2v) is 3.16. The van der Waals surface area contributed by atoms with Crippen molar-refractivity contribution in [2.24, 2.45) is 0 Å². The van der Waals surface area contributed by atoms with Crippen LogP contribution in [0.2, 0.25) is 0 Å². The van der Waals surface area contributed by atoms with Gasteiger partial charge in [-0.3, -0.25) is 0 Å². The van der Waals surface area contributed by atoms with Crippen molar-refractivity contribution in [2.75, 3.05) is 13.1 Å². The molecule has 2 heterocycles. The van der Waals surface area contributed by atoms with Gasteiger partial charge in [0.1, 0.15) is 0 Å². The van der Waals surface area contributed by atoms with Gasteiger partial charge in [-0.15, -0.1) is 0 Å². The number of aromatic carboxylic acids is 1. The second-order valence-electron chi connectivity index (χ2n) is 3.16. The van der Waals surface area contributed by atoms with E-state index in [1.165, 1.54) is 0 Å². The number of nitrogens with one attached hydrogen (secondary N) is 1. The van der Waals surface area contributed by atoms with E-state index in [0.717, 1.165) is 19.5 Å². The first-order valence-electron chi connectivity index (χ1n) is 4.25. The zero-order chi connectivity index (χ0) is 9.26. The molecule has 0 spiro atoms. The van der Waals surface area contributed by atoms with Gasteiger partial charge in [0.15, 0.2) is 5.69 Å². The first-order chi connectivity index (χ1) is 6.27. The molecule has 2 N–H and O–H groups in total. The van der Waals surface area contributed by atoms with Crippen molar-refractivity contribution in [1.82, 2.24) is 14.9 Å². The van der Waals surface area contributed by atoms with Crippen LogP contribution < -0.4 is 5.32 Å². The van der Waals surface area contributed by atoms with E-state index < -0.39 is 5.97 Å². The molecule has 0 aromatic carbocycles. The molecule has 1 atom stereocenters. The van der Waals surface area contributed by atoms with E-state index in [4.69, 9.17) is 5.11 Å². The largest absolute Gasteiger partial charge is 0.476 e. The summed E-state index contributed by atoms with van der Waals surface area (Å²) in [6.45, 7) is 1.89. The lowest BCUT2D eigenvalue weighted by Gasteiger charge is -2.08. The Hall–Kier alpha value is -1.36. The highest BCUT2D eigenvalue weighted by Crippen LogP contribution is 2.14. The fraction of sp³-hybridized carbons (Fsp3) is 0.500. The van der Waals surface area contributed by atoms with E-state index in [0.29, 0.717) is 6.04 Å². The summed E-state index contributed by atoms with van der Waals surface area (Å²) in [6.07, 6.45) is 4.20. The van der Waals surface area contributed by atoms with Crippen LogP contribution in [0.4, 0.5) is 0 Å². The van der Waals surface area contributed by atoms with Gasteiger partial charge in [0.25, 0.3) is 0 Å². The van der Waals surface area contributed by atoms with Gasteiger partial charge in [0.2, 0.25) is 0 Å². The molecular formula is C8H11N3O2. The van der Waals surface area contributed by atoms with Gasteiger partial charge >= 0.3 is 5.97 Å². The summed E-state index contributed by atoms with van der Waals surface area (Å²) in [5.74, 6) is -0.968. The molecule has 1 aliphatic heterocycles. The van der Waals surface area contributed by atoms with Crippen molar-refractivity contribution in [1.29, 1.82) is 0 Å². The fourth-order valence-electron chi connectivity index (χ4n) is 1.54. The smallest absolute Gasteiger partial charge is 0.356 e. The SMILES string of the molecule is O=C(O)c1cn(C2CCNC2)cn1. The average Bonchev–Trinajstić information content (AvgIpc) is 2.75. The normalized spacial score (nSPS) is 22.0. The molecule has 1 saturated heterocycles. The van der Waals surface area contributed by atoms with Crippen LogP contribution in [0.3, 0.4) is 0 Å². The van der Waals surface area contributed by atoms with Crippen molar-refractivity contribution in [3.63, 3.8) is 0 Å². The minimum atomic E-state index is -0.968. The van der Waals surface area contributed by atoms with Gasteiger partial charge in [-0.05, 0) is 13.0 Å². The molecule has 0 aliphatic carbocycles. The molecule has 2 rings (SSSR count). The number of nitrogens with zero attached hydrogens (tertiary/aromatic N) is 2. The Morgan fingerprint density at radius 3 is 3.15 bits per heavy atom. The first-order valence-corrected chi connectivity index (χ1v) is 4.25. The quantitative estimate of drug-likeness (QED) is 0.679. The predicted molar refractivity (Wildman–Crippen MR) is 45.7 cm³/mol. The molecule has 5 nitrogen and oxygen atoms in total. The van der Waals surface area contributed by atoms with Crippen molar-refractivity contribution in [3.8, 4) is 0 Å². The van der Waals surface area contributed by atoms with E-state index in [2.05, 4.69) is 10.3 Å². The third-order valence-corrected chi connectivity index (χ3v) is 2.28. The molecule has 13 heavy (non-hydrogen) atoms. The van der Waals surface area contributed by atoms with Crippen LogP contribution in [0, 0.1) is 0 Å². The number of rotatable bonds is 2. The molecular weight excluding hydrogens is 170 g/mol. The van der Waals surface area contributed by atoms with Crippen molar-refractivity contribution in [3.05, 3.63) is 18.2 Å². The summed E-state index contributed by atoms with van der Waals surface area (Å²) >= 11 is 0.